The highest BCUT2D eigenvalue weighted by atomic mass is 16.3. The molecule has 1 aromatic rings. The Bertz CT molecular complexity index is 499. The van der Waals surface area contributed by atoms with Crippen LogP contribution in [0.15, 0.2) is 6.08 Å². The van der Waals surface area contributed by atoms with Gasteiger partial charge in [-0.1, -0.05) is 19.4 Å². The van der Waals surface area contributed by atoms with E-state index in [0.717, 1.165) is 49.3 Å². The van der Waals surface area contributed by atoms with E-state index < -0.39 is 0 Å². The lowest BCUT2D eigenvalue weighted by molar-refractivity contribution is 0.167. The fourth-order valence-electron chi connectivity index (χ4n) is 2.40. The van der Waals surface area contributed by atoms with Gasteiger partial charge >= 0.3 is 0 Å². The summed E-state index contributed by atoms with van der Waals surface area (Å²) in [6.45, 7) is 6.30. The minimum atomic E-state index is -0.276. The van der Waals surface area contributed by atoms with Crippen molar-refractivity contribution in [3.63, 3.8) is 0 Å². The van der Waals surface area contributed by atoms with Crippen molar-refractivity contribution in [1.29, 1.82) is 0 Å². The normalized spacial score (nSPS) is 18.7. The quantitative estimate of drug-likeness (QED) is 0.843. The molecule has 0 spiro atoms. The van der Waals surface area contributed by atoms with E-state index >= 15 is 0 Å². The molecule has 0 radical (unpaired) electrons. The Balaban J connectivity index is 2.27. The molecule has 116 valence electrons. The molecular weight excluding hydrogens is 264 g/mol. The summed E-state index contributed by atoms with van der Waals surface area (Å²) in [5.41, 5.74) is 1.04. The summed E-state index contributed by atoms with van der Waals surface area (Å²) in [5.74, 6) is 2.20. The zero-order valence-corrected chi connectivity index (χ0v) is 13.3. The predicted octanol–water partition coefficient (Wildman–Crippen LogP) is 2.96. The van der Waals surface area contributed by atoms with Gasteiger partial charge in [-0.25, -0.2) is 4.98 Å². The highest BCUT2D eigenvalue weighted by molar-refractivity contribution is 5.61. The van der Waals surface area contributed by atoms with E-state index in [-0.39, 0.29) is 12.1 Å². The molecule has 21 heavy (non-hydrogen) atoms. The van der Waals surface area contributed by atoms with Crippen LogP contribution in [0.3, 0.4) is 0 Å². The zero-order valence-electron chi connectivity index (χ0n) is 13.3. The Kier molecular flexibility index (Phi) is 5.67. The molecule has 1 aromatic heterocycles. The zero-order chi connectivity index (χ0) is 15.2. The summed E-state index contributed by atoms with van der Waals surface area (Å²) in [6, 6.07) is 0.283. The molecule has 0 aliphatic heterocycles. The van der Waals surface area contributed by atoms with E-state index in [1.807, 2.05) is 0 Å². The summed E-state index contributed by atoms with van der Waals surface area (Å²) >= 11 is 0. The minimum Gasteiger partial charge on any atom is -0.393 e. The van der Waals surface area contributed by atoms with Gasteiger partial charge in [-0.2, -0.15) is 9.97 Å². The van der Waals surface area contributed by atoms with Gasteiger partial charge in [-0.15, -0.1) is 0 Å². The Labute approximate surface area is 126 Å². The highest BCUT2D eigenvalue weighted by Crippen LogP contribution is 2.25. The summed E-state index contributed by atoms with van der Waals surface area (Å²) in [6.07, 6.45) is 7.29. The number of hydrogen-bond acceptors (Lipinski definition) is 5. The smallest absolute Gasteiger partial charge is 0.226 e. The first-order valence-corrected chi connectivity index (χ1v) is 7.97. The lowest BCUT2D eigenvalue weighted by atomic mass is 9.96. The number of allylic oxidation sites excluding steroid dienone is 1. The molecule has 2 rings (SSSR count). The van der Waals surface area contributed by atoms with Gasteiger partial charge in [0.25, 0.3) is 0 Å². The van der Waals surface area contributed by atoms with E-state index in [9.17, 15) is 5.11 Å². The summed E-state index contributed by atoms with van der Waals surface area (Å²) < 4.78 is 0. The average Bonchev–Trinajstić information content (AvgIpc) is 2.44. The number of hydrogen-bond donors (Lipinski definition) is 2. The Morgan fingerprint density at radius 1 is 1.33 bits per heavy atom. The van der Waals surface area contributed by atoms with Gasteiger partial charge in [0.15, 0.2) is 5.82 Å². The summed E-state index contributed by atoms with van der Waals surface area (Å²) in [7, 11) is 0. The first kappa shape index (κ1) is 15.9. The van der Waals surface area contributed by atoms with Crippen LogP contribution in [-0.2, 0) is 6.42 Å². The molecule has 1 aliphatic carbocycles. The molecule has 2 N–H and O–H groups in total. The second-order valence-corrected chi connectivity index (χ2v) is 5.97. The lowest BCUT2D eigenvalue weighted by Crippen LogP contribution is -2.17. The van der Waals surface area contributed by atoms with Crippen LogP contribution in [0.5, 0.6) is 0 Å². The van der Waals surface area contributed by atoms with E-state index in [1.54, 1.807) is 0 Å². The monoisotopic (exact) mass is 290 g/mol. The number of unbranched alkanes of at least 4 members (excludes halogenated alkanes) is 1. The number of nitrogens with one attached hydrogen (secondary N) is 1. The SMILES string of the molecule is CCCCc1nc(NC(C)C)nc(C2=CCCC(O)C2)n1. The maximum Gasteiger partial charge on any atom is 0.226 e. The molecule has 1 atom stereocenters. The number of aliphatic hydroxyl groups excluding tert-OH is 1. The maximum atomic E-state index is 9.84. The fraction of sp³-hybridized carbons (Fsp3) is 0.688. The molecular formula is C16H26N4O. The summed E-state index contributed by atoms with van der Waals surface area (Å²) in [4.78, 5) is 13.6. The van der Waals surface area contributed by atoms with Crippen LogP contribution in [0.4, 0.5) is 5.95 Å². The van der Waals surface area contributed by atoms with Crippen LogP contribution in [0.25, 0.3) is 5.57 Å². The molecule has 5 heteroatoms. The predicted molar refractivity (Wildman–Crippen MR) is 85.0 cm³/mol. The first-order valence-electron chi connectivity index (χ1n) is 7.97. The van der Waals surface area contributed by atoms with Gasteiger partial charge in [-0.05, 0) is 38.7 Å². The van der Waals surface area contributed by atoms with Crippen molar-refractivity contribution < 1.29 is 5.11 Å². The molecule has 0 bridgehead atoms. The van der Waals surface area contributed by atoms with Crippen LogP contribution in [0.2, 0.25) is 0 Å². The Morgan fingerprint density at radius 2 is 2.14 bits per heavy atom. The van der Waals surface area contributed by atoms with Gasteiger partial charge in [-0.3, -0.25) is 0 Å². The molecule has 1 unspecified atom stereocenters. The molecule has 0 amide bonds. The number of aliphatic hydroxyl groups is 1. The molecule has 5 nitrogen and oxygen atoms in total. The van der Waals surface area contributed by atoms with Gasteiger partial charge in [0.2, 0.25) is 5.95 Å². The second kappa shape index (κ2) is 7.50. The number of aryl methyl sites for hydroxylation is 1. The van der Waals surface area contributed by atoms with E-state index in [1.165, 1.54) is 0 Å². The van der Waals surface area contributed by atoms with Crippen LogP contribution in [0.1, 0.15) is 64.5 Å². The second-order valence-electron chi connectivity index (χ2n) is 5.97. The third kappa shape index (κ3) is 4.77. The largest absolute Gasteiger partial charge is 0.393 e. The lowest BCUT2D eigenvalue weighted by Gasteiger charge is -2.18. The van der Waals surface area contributed by atoms with E-state index in [4.69, 9.17) is 0 Å². The molecule has 0 fully saturated rings. The van der Waals surface area contributed by atoms with Crippen molar-refractivity contribution >= 4 is 11.5 Å². The van der Waals surface area contributed by atoms with Gasteiger partial charge in [0.1, 0.15) is 5.82 Å². The summed E-state index contributed by atoms with van der Waals surface area (Å²) in [5, 5.41) is 13.1. The molecule has 0 saturated carbocycles. The van der Waals surface area contributed by atoms with Gasteiger partial charge in [0, 0.05) is 18.9 Å². The van der Waals surface area contributed by atoms with Crippen molar-refractivity contribution in [3.8, 4) is 0 Å². The third-order valence-electron chi connectivity index (χ3n) is 3.49. The third-order valence-corrected chi connectivity index (χ3v) is 3.49. The first-order chi connectivity index (χ1) is 10.1. The molecule has 0 aromatic carbocycles. The van der Waals surface area contributed by atoms with Crippen molar-refractivity contribution in [2.75, 3.05) is 5.32 Å². The van der Waals surface area contributed by atoms with Crippen molar-refractivity contribution in [3.05, 3.63) is 17.7 Å². The molecule has 1 aliphatic rings. The average molecular weight is 290 g/mol. The number of aromatic nitrogens is 3. The molecule has 0 saturated heterocycles. The Hall–Kier alpha value is -1.49. The fourth-order valence-corrected chi connectivity index (χ4v) is 2.40. The van der Waals surface area contributed by atoms with Crippen LogP contribution >= 0.6 is 0 Å². The number of anilines is 1. The highest BCUT2D eigenvalue weighted by Gasteiger charge is 2.18. The van der Waals surface area contributed by atoms with Crippen molar-refractivity contribution in [2.45, 2.75) is 71.4 Å². The standard InChI is InChI=1S/C16H26N4O/c1-4-5-9-14-18-15(12-7-6-8-13(21)10-12)20-16(19-14)17-11(2)3/h7,11,13,21H,4-6,8-10H2,1-3H3,(H,17,18,19,20). The van der Waals surface area contributed by atoms with Crippen LogP contribution in [-0.4, -0.2) is 32.2 Å². The van der Waals surface area contributed by atoms with E-state index in [2.05, 4.69) is 47.1 Å². The van der Waals surface area contributed by atoms with Crippen LogP contribution in [0, 0.1) is 0 Å². The molecule has 1 heterocycles. The van der Waals surface area contributed by atoms with Crippen molar-refractivity contribution in [1.82, 2.24) is 15.0 Å². The Morgan fingerprint density at radius 3 is 2.81 bits per heavy atom. The van der Waals surface area contributed by atoms with Crippen molar-refractivity contribution in [2.24, 2.45) is 0 Å². The number of nitrogens with zero attached hydrogens (tertiary/aromatic N) is 3. The van der Waals surface area contributed by atoms with E-state index in [0.29, 0.717) is 12.4 Å². The maximum absolute atomic E-state index is 9.84. The van der Waals surface area contributed by atoms with Crippen LogP contribution < -0.4 is 5.32 Å². The number of rotatable bonds is 6. The topological polar surface area (TPSA) is 70.9 Å². The minimum absolute atomic E-state index is 0.276. The van der Waals surface area contributed by atoms with Gasteiger partial charge < -0.3 is 10.4 Å². The van der Waals surface area contributed by atoms with Gasteiger partial charge in [0.05, 0.1) is 6.10 Å².